The van der Waals surface area contributed by atoms with E-state index in [1.807, 2.05) is 12.1 Å². The number of benzene rings is 1. The van der Waals surface area contributed by atoms with Crippen LogP contribution in [0.2, 0.25) is 0 Å². The van der Waals surface area contributed by atoms with E-state index < -0.39 is 10.0 Å². The molecule has 1 amide bonds. The Morgan fingerprint density at radius 3 is 3.00 bits per heavy atom. The summed E-state index contributed by atoms with van der Waals surface area (Å²) in [5.41, 5.74) is 2.82. The molecule has 0 saturated carbocycles. The van der Waals surface area contributed by atoms with Gasteiger partial charge < -0.3 is 10.6 Å². The van der Waals surface area contributed by atoms with Crippen LogP contribution in [-0.4, -0.2) is 51.1 Å². The summed E-state index contributed by atoms with van der Waals surface area (Å²) in [6.07, 6.45) is 5.11. The van der Waals surface area contributed by atoms with Crippen LogP contribution in [0.25, 0.3) is 0 Å². The Labute approximate surface area is 143 Å². The van der Waals surface area contributed by atoms with E-state index in [-0.39, 0.29) is 11.8 Å². The molecule has 1 fully saturated rings. The number of nitrogens with zero attached hydrogens (tertiary/aromatic N) is 1. The standard InChI is InChI=1S/C17H25N3O3S/c1-24(22,23)20-10-4-5-13(12-20)11-19-17(21)15-8-2-6-14-7-3-9-18-16(14)15/h2,6,8,13,18H,3-5,7,9-12H2,1H3,(H,19,21)/t13-/m1/s1. The number of piperidine rings is 1. The van der Waals surface area contributed by atoms with Gasteiger partial charge >= 0.3 is 0 Å². The van der Waals surface area contributed by atoms with Gasteiger partial charge in [0.25, 0.3) is 5.91 Å². The zero-order valence-electron chi connectivity index (χ0n) is 14.0. The fraction of sp³-hybridized carbons (Fsp3) is 0.588. The van der Waals surface area contributed by atoms with Crippen molar-refractivity contribution in [2.75, 3.05) is 37.8 Å². The van der Waals surface area contributed by atoms with E-state index in [0.29, 0.717) is 25.2 Å². The molecule has 3 rings (SSSR count). The Morgan fingerprint density at radius 1 is 1.38 bits per heavy atom. The van der Waals surface area contributed by atoms with Crippen LogP contribution in [-0.2, 0) is 16.4 Å². The van der Waals surface area contributed by atoms with Crippen LogP contribution in [0.5, 0.6) is 0 Å². The zero-order chi connectivity index (χ0) is 17.2. The largest absolute Gasteiger partial charge is 0.384 e. The molecule has 0 spiro atoms. The van der Waals surface area contributed by atoms with Crippen LogP contribution in [0, 0.1) is 5.92 Å². The van der Waals surface area contributed by atoms with Gasteiger partial charge in [-0.15, -0.1) is 0 Å². The first-order chi connectivity index (χ1) is 11.4. The van der Waals surface area contributed by atoms with Crippen molar-refractivity contribution >= 4 is 21.6 Å². The van der Waals surface area contributed by atoms with Gasteiger partial charge in [-0.25, -0.2) is 12.7 Å². The molecule has 132 valence electrons. The number of carbonyl (C=O) groups is 1. The molecule has 24 heavy (non-hydrogen) atoms. The number of hydrogen-bond donors (Lipinski definition) is 2. The Balaban J connectivity index is 1.62. The summed E-state index contributed by atoms with van der Waals surface area (Å²) < 4.78 is 24.9. The van der Waals surface area contributed by atoms with Crippen molar-refractivity contribution in [1.29, 1.82) is 0 Å². The molecule has 1 atom stereocenters. The van der Waals surface area contributed by atoms with Crippen molar-refractivity contribution in [2.45, 2.75) is 25.7 Å². The Kier molecular flexibility index (Phi) is 5.10. The van der Waals surface area contributed by atoms with Gasteiger partial charge in [0.2, 0.25) is 10.0 Å². The lowest BCUT2D eigenvalue weighted by Gasteiger charge is -2.31. The van der Waals surface area contributed by atoms with E-state index >= 15 is 0 Å². The molecule has 0 aromatic heterocycles. The molecule has 0 radical (unpaired) electrons. The van der Waals surface area contributed by atoms with E-state index in [9.17, 15) is 13.2 Å². The van der Waals surface area contributed by atoms with Crippen LogP contribution in [0.1, 0.15) is 35.2 Å². The van der Waals surface area contributed by atoms with Crippen molar-refractivity contribution in [1.82, 2.24) is 9.62 Å². The van der Waals surface area contributed by atoms with Gasteiger partial charge in [-0.3, -0.25) is 4.79 Å². The maximum absolute atomic E-state index is 12.6. The smallest absolute Gasteiger partial charge is 0.253 e. The lowest BCUT2D eigenvalue weighted by atomic mass is 9.98. The number of amides is 1. The van der Waals surface area contributed by atoms with Gasteiger partial charge in [-0.1, -0.05) is 12.1 Å². The number of sulfonamides is 1. The fourth-order valence-electron chi connectivity index (χ4n) is 3.53. The van der Waals surface area contributed by atoms with Gasteiger partial charge in [0.1, 0.15) is 0 Å². The topological polar surface area (TPSA) is 78.5 Å². The normalized spacial score (nSPS) is 21.6. The molecular formula is C17H25N3O3S. The van der Waals surface area contributed by atoms with Crippen LogP contribution in [0.4, 0.5) is 5.69 Å². The molecule has 2 N–H and O–H groups in total. The summed E-state index contributed by atoms with van der Waals surface area (Å²) in [6.45, 7) is 2.47. The quantitative estimate of drug-likeness (QED) is 0.860. The number of aryl methyl sites for hydroxylation is 1. The maximum Gasteiger partial charge on any atom is 0.253 e. The van der Waals surface area contributed by atoms with Gasteiger partial charge in [-0.05, 0) is 43.2 Å². The highest BCUT2D eigenvalue weighted by Crippen LogP contribution is 2.26. The molecule has 1 aromatic carbocycles. The third-order valence-corrected chi connectivity index (χ3v) is 6.09. The van der Waals surface area contributed by atoms with Crippen molar-refractivity contribution in [3.05, 3.63) is 29.3 Å². The average Bonchev–Trinajstić information content (AvgIpc) is 2.58. The predicted molar refractivity (Wildman–Crippen MR) is 94.7 cm³/mol. The second-order valence-corrected chi connectivity index (χ2v) is 8.69. The highest BCUT2D eigenvalue weighted by atomic mass is 32.2. The number of anilines is 1. The minimum Gasteiger partial charge on any atom is -0.384 e. The molecule has 1 saturated heterocycles. The van der Waals surface area contributed by atoms with Gasteiger partial charge in [-0.2, -0.15) is 0 Å². The minimum absolute atomic E-state index is 0.0854. The lowest BCUT2D eigenvalue weighted by molar-refractivity contribution is 0.0942. The highest BCUT2D eigenvalue weighted by Gasteiger charge is 2.26. The number of nitrogens with one attached hydrogen (secondary N) is 2. The lowest BCUT2D eigenvalue weighted by Crippen LogP contribution is -2.43. The Bertz CT molecular complexity index is 718. The summed E-state index contributed by atoms with van der Waals surface area (Å²) in [7, 11) is -3.15. The van der Waals surface area contributed by atoms with Crippen LogP contribution in [0.3, 0.4) is 0 Å². The SMILES string of the molecule is CS(=O)(=O)N1CCC[C@H](CNC(=O)c2cccc3c2NCCC3)C1. The Morgan fingerprint density at radius 2 is 2.21 bits per heavy atom. The molecule has 6 nitrogen and oxygen atoms in total. The molecule has 7 heteroatoms. The summed E-state index contributed by atoms with van der Waals surface area (Å²) in [6, 6.07) is 5.83. The number of hydrogen-bond acceptors (Lipinski definition) is 4. The second-order valence-electron chi connectivity index (χ2n) is 6.71. The third-order valence-electron chi connectivity index (χ3n) is 4.82. The highest BCUT2D eigenvalue weighted by molar-refractivity contribution is 7.88. The average molecular weight is 351 g/mol. The summed E-state index contributed by atoms with van der Waals surface area (Å²) in [5.74, 6) is 0.0858. The van der Waals surface area contributed by atoms with Crippen LogP contribution < -0.4 is 10.6 Å². The molecule has 0 unspecified atom stereocenters. The van der Waals surface area contributed by atoms with Gasteiger partial charge in [0, 0.05) is 26.2 Å². The number of fused-ring (bicyclic) bond motifs is 1. The molecule has 2 heterocycles. The molecule has 1 aromatic rings. The van der Waals surface area contributed by atoms with E-state index in [1.54, 1.807) is 0 Å². The molecule has 2 aliphatic rings. The van der Waals surface area contributed by atoms with Crippen molar-refractivity contribution < 1.29 is 13.2 Å². The summed E-state index contributed by atoms with van der Waals surface area (Å²) in [5, 5.41) is 6.32. The van der Waals surface area contributed by atoms with E-state index in [2.05, 4.69) is 16.7 Å². The molecular weight excluding hydrogens is 326 g/mol. The third kappa shape index (κ3) is 3.89. The minimum atomic E-state index is -3.15. The fourth-order valence-corrected chi connectivity index (χ4v) is 4.47. The van der Waals surface area contributed by atoms with Crippen LogP contribution in [0.15, 0.2) is 18.2 Å². The van der Waals surface area contributed by atoms with Crippen molar-refractivity contribution in [3.8, 4) is 0 Å². The Hall–Kier alpha value is -1.60. The molecule has 0 aliphatic carbocycles. The summed E-state index contributed by atoms with van der Waals surface area (Å²) in [4.78, 5) is 12.6. The van der Waals surface area contributed by atoms with E-state index in [0.717, 1.165) is 37.9 Å². The van der Waals surface area contributed by atoms with Gasteiger partial charge in [0.05, 0.1) is 17.5 Å². The van der Waals surface area contributed by atoms with Gasteiger partial charge in [0.15, 0.2) is 0 Å². The second kappa shape index (κ2) is 7.11. The molecule has 2 aliphatic heterocycles. The number of carbonyl (C=O) groups excluding carboxylic acids is 1. The van der Waals surface area contributed by atoms with Crippen molar-refractivity contribution in [3.63, 3.8) is 0 Å². The number of rotatable bonds is 4. The predicted octanol–water partition coefficient (Wildman–Crippen LogP) is 1.45. The monoisotopic (exact) mass is 351 g/mol. The van der Waals surface area contributed by atoms with E-state index in [1.165, 1.54) is 16.1 Å². The zero-order valence-corrected chi connectivity index (χ0v) is 14.9. The summed E-state index contributed by atoms with van der Waals surface area (Å²) >= 11 is 0. The maximum atomic E-state index is 12.6. The first-order valence-electron chi connectivity index (χ1n) is 8.54. The van der Waals surface area contributed by atoms with Crippen LogP contribution >= 0.6 is 0 Å². The first kappa shape index (κ1) is 17.2. The first-order valence-corrected chi connectivity index (χ1v) is 10.4. The number of para-hydroxylation sites is 1. The van der Waals surface area contributed by atoms with E-state index in [4.69, 9.17) is 0 Å². The molecule has 0 bridgehead atoms. The van der Waals surface area contributed by atoms with Crippen molar-refractivity contribution in [2.24, 2.45) is 5.92 Å².